The summed E-state index contributed by atoms with van der Waals surface area (Å²) in [6.07, 6.45) is -3.42. The lowest BCUT2D eigenvalue weighted by Gasteiger charge is -2.13. The van der Waals surface area contributed by atoms with E-state index >= 15 is 0 Å². The van der Waals surface area contributed by atoms with Crippen LogP contribution in [0.15, 0.2) is 36.5 Å². The van der Waals surface area contributed by atoms with Crippen LogP contribution < -0.4 is 11.1 Å². The maximum atomic E-state index is 13.3. The quantitative estimate of drug-likeness (QED) is 0.609. The number of carbonyl (C=O) groups excluding carboxylic acids is 1. The topological polar surface area (TPSA) is 110 Å². The van der Waals surface area contributed by atoms with Gasteiger partial charge in [-0.05, 0) is 31.2 Å². The second-order valence-electron chi connectivity index (χ2n) is 5.42. The number of carbonyl (C=O) groups is 1. The molecule has 0 unspecified atom stereocenters. The lowest BCUT2D eigenvalue weighted by Crippen LogP contribution is -2.17. The number of pyridine rings is 2. The van der Waals surface area contributed by atoms with E-state index in [1.165, 1.54) is 18.3 Å². The Kier molecular flexibility index (Phi) is 4.33. The van der Waals surface area contributed by atoms with E-state index in [1.807, 2.05) is 0 Å². The molecule has 26 heavy (non-hydrogen) atoms. The Labute approximate surface area is 148 Å². The first-order valence-electron chi connectivity index (χ1n) is 7.38. The number of nitrogens with zero attached hydrogens (tertiary/aromatic N) is 3. The van der Waals surface area contributed by atoms with Crippen LogP contribution in [0.4, 0.5) is 30.6 Å². The van der Waals surface area contributed by atoms with E-state index in [0.717, 1.165) is 17.8 Å². The lowest BCUT2D eigenvalue weighted by atomic mass is 10.0. The summed E-state index contributed by atoms with van der Waals surface area (Å²) in [5, 5.41) is 9.34. The molecule has 0 fully saturated rings. The van der Waals surface area contributed by atoms with Crippen LogP contribution in [0.1, 0.15) is 30.2 Å². The molecular weight excluding hydrogens is 349 g/mol. The highest BCUT2D eigenvalue weighted by Crippen LogP contribution is 2.33. The van der Waals surface area contributed by atoms with Crippen molar-refractivity contribution >= 4 is 23.2 Å². The molecule has 0 aliphatic rings. The molecule has 3 aromatic rings. The number of anilines is 3. The van der Waals surface area contributed by atoms with E-state index in [0.29, 0.717) is 5.82 Å². The average Bonchev–Trinajstić information content (AvgIpc) is 2.98. The molecule has 3 rings (SSSR count). The molecule has 3 heterocycles. The molecule has 0 spiro atoms. The lowest BCUT2D eigenvalue weighted by molar-refractivity contribution is -0.138. The highest BCUT2D eigenvalue weighted by molar-refractivity contribution is 6.11. The normalized spacial score (nSPS) is 11.4. The summed E-state index contributed by atoms with van der Waals surface area (Å²) in [6, 6.07) is 6.25. The summed E-state index contributed by atoms with van der Waals surface area (Å²) in [7, 11) is 0. The van der Waals surface area contributed by atoms with Gasteiger partial charge < -0.3 is 11.1 Å². The number of nitrogen functional groups attached to an aromatic ring is 1. The van der Waals surface area contributed by atoms with E-state index in [9.17, 15) is 18.0 Å². The number of hydrogen-bond donors (Lipinski definition) is 3. The van der Waals surface area contributed by atoms with Crippen molar-refractivity contribution in [2.45, 2.75) is 13.1 Å². The molecule has 0 aromatic carbocycles. The first kappa shape index (κ1) is 17.4. The zero-order chi connectivity index (χ0) is 18.9. The standard InChI is InChI=1S/C16H13F3N6O.2H2/c1-8-7-12(25-24-8)22-11-5-4-10(16(17,18)19)13(23-11)14(26)9-3-2-6-21-15(9)20;;/h2-7H,1H3,(H2,20,21)(H2,22,23,24,25);2*1H. The minimum absolute atomic E-state index is 0. The number of hydrogen-bond acceptors (Lipinski definition) is 6. The summed E-state index contributed by atoms with van der Waals surface area (Å²) >= 11 is 0. The Morgan fingerprint density at radius 2 is 2.04 bits per heavy atom. The molecule has 3 aromatic heterocycles. The van der Waals surface area contributed by atoms with Crippen LogP contribution in [-0.2, 0) is 6.18 Å². The molecule has 0 saturated carbocycles. The Hall–Kier alpha value is -3.43. The Balaban J connectivity index is 0.00000196. The van der Waals surface area contributed by atoms with Crippen LogP contribution in [0, 0.1) is 6.92 Å². The predicted molar refractivity (Wildman–Crippen MR) is 92.2 cm³/mol. The van der Waals surface area contributed by atoms with Crippen molar-refractivity contribution in [1.82, 2.24) is 20.2 Å². The van der Waals surface area contributed by atoms with Crippen LogP contribution in [0.2, 0.25) is 0 Å². The van der Waals surface area contributed by atoms with E-state index in [-0.39, 0.29) is 20.1 Å². The van der Waals surface area contributed by atoms with Gasteiger partial charge in [-0.25, -0.2) is 9.97 Å². The molecule has 0 saturated heterocycles. The highest BCUT2D eigenvalue weighted by Gasteiger charge is 2.37. The molecule has 0 amide bonds. The number of aromatic amines is 1. The van der Waals surface area contributed by atoms with Crippen molar-refractivity contribution in [3.8, 4) is 0 Å². The van der Waals surface area contributed by atoms with E-state index in [1.54, 1.807) is 13.0 Å². The molecule has 0 aliphatic carbocycles. The SMILES string of the molecule is Cc1cc(Nc2ccc(C(F)(F)F)c(C(=O)c3cccnc3N)n2)n[nH]1.[HH].[HH]. The van der Waals surface area contributed by atoms with Crippen LogP contribution in [-0.4, -0.2) is 25.9 Å². The molecule has 4 N–H and O–H groups in total. The van der Waals surface area contributed by atoms with Crippen molar-refractivity contribution < 1.29 is 20.8 Å². The maximum Gasteiger partial charge on any atom is 0.418 e. The number of halogens is 3. The van der Waals surface area contributed by atoms with E-state index in [2.05, 4.69) is 25.5 Å². The molecule has 138 valence electrons. The number of aromatic nitrogens is 4. The summed E-state index contributed by atoms with van der Waals surface area (Å²) in [5.74, 6) is -0.747. The third kappa shape index (κ3) is 3.48. The molecular formula is C16H17F3N6O. The predicted octanol–water partition coefficient (Wildman–Crippen LogP) is 3.58. The molecule has 10 heteroatoms. The molecule has 0 aliphatic heterocycles. The van der Waals surface area contributed by atoms with Gasteiger partial charge in [0.1, 0.15) is 17.3 Å². The summed E-state index contributed by atoms with van der Waals surface area (Å²) < 4.78 is 39.9. The second-order valence-corrected chi connectivity index (χ2v) is 5.42. The van der Waals surface area contributed by atoms with Crippen molar-refractivity contribution in [1.29, 1.82) is 0 Å². The van der Waals surface area contributed by atoms with E-state index < -0.39 is 23.2 Å². The summed E-state index contributed by atoms with van der Waals surface area (Å²) in [4.78, 5) is 20.2. The average molecular weight is 366 g/mol. The monoisotopic (exact) mass is 366 g/mol. The second kappa shape index (κ2) is 6.47. The van der Waals surface area contributed by atoms with Gasteiger partial charge in [0.05, 0.1) is 11.1 Å². The van der Waals surface area contributed by atoms with Gasteiger partial charge in [-0.1, -0.05) is 0 Å². The number of nitrogens with one attached hydrogen (secondary N) is 2. The van der Waals surface area contributed by atoms with Crippen molar-refractivity contribution in [3.05, 3.63) is 59.0 Å². The van der Waals surface area contributed by atoms with Gasteiger partial charge in [0.25, 0.3) is 0 Å². The van der Waals surface area contributed by atoms with Gasteiger partial charge in [0.15, 0.2) is 5.82 Å². The van der Waals surface area contributed by atoms with Crippen molar-refractivity contribution in [3.63, 3.8) is 0 Å². The zero-order valence-electron chi connectivity index (χ0n) is 13.4. The van der Waals surface area contributed by atoms with E-state index in [4.69, 9.17) is 5.73 Å². The number of nitrogens with two attached hydrogens (primary N) is 1. The van der Waals surface area contributed by atoms with Crippen molar-refractivity contribution in [2.75, 3.05) is 11.1 Å². The molecule has 0 radical (unpaired) electrons. The zero-order valence-corrected chi connectivity index (χ0v) is 13.4. The van der Waals surface area contributed by atoms with Crippen LogP contribution in [0.3, 0.4) is 0 Å². The number of rotatable bonds is 4. The van der Waals surface area contributed by atoms with Gasteiger partial charge in [0.2, 0.25) is 5.78 Å². The van der Waals surface area contributed by atoms with Crippen LogP contribution in [0.25, 0.3) is 0 Å². The Bertz CT molecular complexity index is 977. The smallest absolute Gasteiger partial charge is 0.383 e. The van der Waals surface area contributed by atoms with Gasteiger partial charge in [-0.3, -0.25) is 9.89 Å². The van der Waals surface area contributed by atoms with Crippen LogP contribution in [0.5, 0.6) is 0 Å². The van der Waals surface area contributed by atoms with Gasteiger partial charge in [-0.2, -0.15) is 18.3 Å². The first-order valence-corrected chi connectivity index (χ1v) is 7.38. The van der Waals surface area contributed by atoms with Gasteiger partial charge in [-0.15, -0.1) is 0 Å². The summed E-state index contributed by atoms with van der Waals surface area (Å²) in [5.41, 5.74) is 4.28. The molecule has 0 atom stereocenters. The minimum atomic E-state index is -4.75. The molecule has 0 bridgehead atoms. The largest absolute Gasteiger partial charge is 0.418 e. The fourth-order valence-electron chi connectivity index (χ4n) is 2.28. The van der Waals surface area contributed by atoms with Crippen molar-refractivity contribution in [2.24, 2.45) is 0 Å². The first-order chi connectivity index (χ1) is 12.3. The number of ketones is 1. The summed E-state index contributed by atoms with van der Waals surface area (Å²) in [6.45, 7) is 1.76. The van der Waals surface area contributed by atoms with Gasteiger partial charge >= 0.3 is 6.18 Å². The van der Waals surface area contributed by atoms with Gasteiger partial charge in [0, 0.05) is 20.8 Å². The number of alkyl halides is 3. The Morgan fingerprint density at radius 1 is 1.27 bits per heavy atom. The number of aryl methyl sites for hydroxylation is 1. The Morgan fingerprint density at radius 3 is 2.65 bits per heavy atom. The van der Waals surface area contributed by atoms with Crippen LogP contribution >= 0.6 is 0 Å². The fourth-order valence-corrected chi connectivity index (χ4v) is 2.28. The maximum absolute atomic E-state index is 13.3. The fraction of sp³-hybridized carbons (Fsp3) is 0.125. The molecule has 7 nitrogen and oxygen atoms in total. The third-order valence-corrected chi connectivity index (χ3v) is 3.46. The number of H-pyrrole nitrogens is 1. The minimum Gasteiger partial charge on any atom is -0.383 e. The highest BCUT2D eigenvalue weighted by atomic mass is 19.4. The third-order valence-electron chi connectivity index (χ3n) is 3.46.